The fourth-order valence-corrected chi connectivity index (χ4v) is 5.57. The molecule has 2 aliphatic heterocycles. The predicted molar refractivity (Wildman–Crippen MR) is 103 cm³/mol. The number of halogens is 4. The number of hydrogen-bond acceptors (Lipinski definition) is 5. The van der Waals surface area contributed by atoms with Crippen molar-refractivity contribution in [3.05, 3.63) is 30.1 Å². The molecule has 176 valence electrons. The van der Waals surface area contributed by atoms with Crippen molar-refractivity contribution >= 4 is 16.0 Å². The molecule has 2 saturated heterocycles. The average molecular weight is 470 g/mol. The number of ether oxygens (including phenoxy) is 1. The Morgan fingerprint density at radius 1 is 1.29 bits per heavy atom. The first kappa shape index (κ1) is 25.5. The maximum Gasteiger partial charge on any atom is 0.490 e. The van der Waals surface area contributed by atoms with Gasteiger partial charge in [0.05, 0.1) is 11.5 Å². The van der Waals surface area contributed by atoms with Gasteiger partial charge in [-0.15, -0.1) is 0 Å². The molecular formula is C19H26F4N2O5S. The van der Waals surface area contributed by atoms with Crippen LogP contribution in [0.3, 0.4) is 0 Å². The molecule has 31 heavy (non-hydrogen) atoms. The fraction of sp³-hybridized carbons (Fsp3) is 0.632. The summed E-state index contributed by atoms with van der Waals surface area (Å²) in [6, 6.07) is 5.66. The molecule has 0 saturated carbocycles. The molecule has 1 aromatic rings. The van der Waals surface area contributed by atoms with Crippen molar-refractivity contribution in [1.29, 1.82) is 0 Å². The second-order valence-electron chi connectivity index (χ2n) is 7.89. The molecule has 12 heteroatoms. The summed E-state index contributed by atoms with van der Waals surface area (Å²) in [6.45, 7) is 2.68. The summed E-state index contributed by atoms with van der Waals surface area (Å²) in [7, 11) is 0.208. The van der Waals surface area contributed by atoms with Crippen LogP contribution in [0.5, 0.6) is 0 Å². The summed E-state index contributed by atoms with van der Waals surface area (Å²) in [6.07, 6.45) is -2.36. The zero-order valence-corrected chi connectivity index (χ0v) is 18.0. The number of likely N-dealkylation sites (N-methyl/N-ethyl adjacent to an activating group) is 1. The van der Waals surface area contributed by atoms with Crippen LogP contribution in [-0.4, -0.2) is 81.3 Å². The third-order valence-electron chi connectivity index (χ3n) is 5.70. The van der Waals surface area contributed by atoms with Gasteiger partial charge in [-0.25, -0.2) is 17.6 Å². The number of alkyl halides is 3. The lowest BCUT2D eigenvalue weighted by Gasteiger charge is -2.38. The number of carbonyl (C=O) groups is 1. The van der Waals surface area contributed by atoms with Gasteiger partial charge >= 0.3 is 12.1 Å². The molecule has 1 spiro atoms. The number of sulfonamides is 1. The maximum atomic E-state index is 13.4. The normalized spacial score (nSPS) is 22.2. The van der Waals surface area contributed by atoms with E-state index in [4.69, 9.17) is 14.6 Å². The number of nitrogens with zero attached hydrogens (tertiary/aromatic N) is 2. The van der Waals surface area contributed by atoms with Gasteiger partial charge in [-0.05, 0) is 49.9 Å². The molecule has 7 nitrogen and oxygen atoms in total. The van der Waals surface area contributed by atoms with E-state index in [1.807, 2.05) is 0 Å². The Morgan fingerprint density at radius 2 is 1.87 bits per heavy atom. The molecule has 0 amide bonds. The number of piperidine rings is 1. The van der Waals surface area contributed by atoms with Crippen LogP contribution in [0.4, 0.5) is 17.6 Å². The van der Waals surface area contributed by atoms with Gasteiger partial charge < -0.3 is 14.7 Å². The molecule has 2 aliphatic rings. The number of methoxy groups -OCH3 is 1. The van der Waals surface area contributed by atoms with Crippen LogP contribution >= 0.6 is 0 Å². The first-order chi connectivity index (χ1) is 14.3. The Morgan fingerprint density at radius 3 is 2.35 bits per heavy atom. The van der Waals surface area contributed by atoms with Crippen LogP contribution < -0.4 is 0 Å². The van der Waals surface area contributed by atoms with Crippen molar-refractivity contribution in [2.24, 2.45) is 5.41 Å². The Hall–Kier alpha value is -1.76. The second-order valence-corrected chi connectivity index (χ2v) is 9.83. The lowest BCUT2D eigenvalue weighted by atomic mass is 9.77. The van der Waals surface area contributed by atoms with Gasteiger partial charge in [-0.1, -0.05) is 6.07 Å². The summed E-state index contributed by atoms with van der Waals surface area (Å²) >= 11 is 0. The lowest BCUT2D eigenvalue weighted by Crippen LogP contribution is -2.44. The van der Waals surface area contributed by atoms with E-state index < -0.39 is 28.0 Å². The van der Waals surface area contributed by atoms with Gasteiger partial charge in [-0.3, -0.25) is 0 Å². The molecule has 1 atom stereocenters. The van der Waals surface area contributed by atoms with E-state index in [1.54, 1.807) is 7.11 Å². The van der Waals surface area contributed by atoms with Crippen LogP contribution in [0.1, 0.15) is 19.3 Å². The largest absolute Gasteiger partial charge is 0.490 e. The zero-order valence-electron chi connectivity index (χ0n) is 17.2. The third kappa shape index (κ3) is 6.37. The summed E-state index contributed by atoms with van der Waals surface area (Å²) in [5.41, 5.74) is 0.173. The van der Waals surface area contributed by atoms with E-state index >= 15 is 0 Å². The van der Waals surface area contributed by atoms with E-state index in [0.29, 0.717) is 25.7 Å². The van der Waals surface area contributed by atoms with Crippen LogP contribution in [0.25, 0.3) is 0 Å². The van der Waals surface area contributed by atoms with Crippen LogP contribution in [0.2, 0.25) is 0 Å². The molecule has 1 unspecified atom stereocenters. The monoisotopic (exact) mass is 470 g/mol. The minimum Gasteiger partial charge on any atom is -0.475 e. The number of likely N-dealkylation sites (tertiary alicyclic amines) is 1. The average Bonchev–Trinajstić information content (AvgIpc) is 2.97. The summed E-state index contributed by atoms with van der Waals surface area (Å²) in [5.74, 6) is -3.28. The van der Waals surface area contributed by atoms with Crippen LogP contribution in [0.15, 0.2) is 29.2 Å². The van der Waals surface area contributed by atoms with Crippen molar-refractivity contribution in [3.63, 3.8) is 0 Å². The SMILES string of the molecule is COCC1CC2(CCN(S(=O)(=O)c3cccc(F)c3)CC2)CN1C.O=C(O)C(F)(F)F. The Labute approximate surface area is 178 Å². The lowest BCUT2D eigenvalue weighted by molar-refractivity contribution is -0.192. The minimum atomic E-state index is -5.08. The molecule has 1 aromatic carbocycles. The summed E-state index contributed by atoms with van der Waals surface area (Å²) in [4.78, 5) is 11.3. The molecule has 2 fully saturated rings. The van der Waals surface area contributed by atoms with Gasteiger partial charge in [-0.2, -0.15) is 17.5 Å². The Bertz CT molecular complexity index is 870. The number of benzene rings is 1. The van der Waals surface area contributed by atoms with Crippen LogP contribution in [-0.2, 0) is 19.6 Å². The number of carboxylic acids is 1. The summed E-state index contributed by atoms with van der Waals surface area (Å²) in [5, 5.41) is 7.12. The molecule has 3 rings (SSSR count). The van der Waals surface area contributed by atoms with Crippen molar-refractivity contribution < 1.29 is 40.6 Å². The highest BCUT2D eigenvalue weighted by atomic mass is 32.2. The van der Waals surface area contributed by atoms with Gasteiger partial charge in [0.25, 0.3) is 0 Å². The Kier molecular flexibility index (Phi) is 8.06. The van der Waals surface area contributed by atoms with Gasteiger partial charge in [0.1, 0.15) is 5.82 Å². The van der Waals surface area contributed by atoms with E-state index in [0.717, 1.165) is 31.9 Å². The van der Waals surface area contributed by atoms with E-state index in [9.17, 15) is 26.0 Å². The topological polar surface area (TPSA) is 87.2 Å². The van der Waals surface area contributed by atoms with Gasteiger partial charge in [0.15, 0.2) is 0 Å². The van der Waals surface area contributed by atoms with Crippen molar-refractivity contribution in [2.45, 2.75) is 36.4 Å². The number of hydrogen-bond donors (Lipinski definition) is 1. The first-order valence-corrected chi connectivity index (χ1v) is 11.0. The molecule has 0 radical (unpaired) electrons. The van der Waals surface area contributed by atoms with E-state index in [1.165, 1.54) is 22.5 Å². The molecule has 0 aliphatic carbocycles. The first-order valence-electron chi connectivity index (χ1n) is 9.56. The van der Waals surface area contributed by atoms with Crippen molar-refractivity contribution in [2.75, 3.05) is 40.4 Å². The molecular weight excluding hydrogens is 444 g/mol. The number of rotatable bonds is 4. The van der Waals surface area contributed by atoms with E-state index in [2.05, 4.69) is 11.9 Å². The maximum absolute atomic E-state index is 13.4. The fourth-order valence-electron chi connectivity index (χ4n) is 4.10. The Balaban J connectivity index is 0.000000423. The predicted octanol–water partition coefficient (Wildman–Crippen LogP) is 2.58. The third-order valence-corrected chi connectivity index (χ3v) is 7.59. The molecule has 1 N–H and O–H groups in total. The molecule has 0 aromatic heterocycles. The molecule has 2 heterocycles. The summed E-state index contributed by atoms with van der Waals surface area (Å²) < 4.78 is 77.3. The zero-order chi connectivity index (χ0) is 23.4. The number of carboxylic acid groups (broad SMARTS) is 1. The highest BCUT2D eigenvalue weighted by Gasteiger charge is 2.45. The van der Waals surface area contributed by atoms with Gasteiger partial charge in [0.2, 0.25) is 10.0 Å². The quantitative estimate of drug-likeness (QED) is 0.681. The van der Waals surface area contributed by atoms with Gasteiger partial charge in [0, 0.05) is 32.8 Å². The second kappa shape index (κ2) is 9.80. The van der Waals surface area contributed by atoms with Crippen molar-refractivity contribution in [1.82, 2.24) is 9.21 Å². The van der Waals surface area contributed by atoms with E-state index in [-0.39, 0.29) is 10.3 Å². The minimum absolute atomic E-state index is 0.0410. The molecule has 0 bridgehead atoms. The van der Waals surface area contributed by atoms with Crippen molar-refractivity contribution in [3.8, 4) is 0 Å². The standard InChI is InChI=1S/C17H25FN2O3S.C2HF3O2/c1-19-13-17(11-15(19)12-23-2)6-8-20(9-7-17)24(21,22)16-5-3-4-14(18)10-16;3-2(4,5)1(6)7/h3-5,10,15H,6-9,11-13H2,1-2H3;(H,6,7). The van der Waals surface area contributed by atoms with Crippen LogP contribution in [0, 0.1) is 11.2 Å². The highest BCUT2D eigenvalue weighted by molar-refractivity contribution is 7.89. The smallest absolute Gasteiger partial charge is 0.475 e. The highest BCUT2D eigenvalue weighted by Crippen LogP contribution is 2.43. The number of aliphatic carboxylic acids is 1.